The molecule has 1 amide bonds. The average molecular weight is 269 g/mol. The molecule has 5 nitrogen and oxygen atoms in total. The fourth-order valence-electron chi connectivity index (χ4n) is 2.70. The van der Waals surface area contributed by atoms with E-state index in [9.17, 15) is 4.79 Å². The second-order valence-corrected chi connectivity index (χ2v) is 5.77. The van der Waals surface area contributed by atoms with Crippen LogP contribution in [0.3, 0.4) is 0 Å². The molecular weight excluding hydrogens is 242 g/mol. The first kappa shape index (κ1) is 15.8. The minimum Gasteiger partial charge on any atom is -0.409 e. The summed E-state index contributed by atoms with van der Waals surface area (Å²) in [6.07, 6.45) is 7.96. The van der Waals surface area contributed by atoms with E-state index in [1.54, 1.807) is 4.90 Å². The van der Waals surface area contributed by atoms with Gasteiger partial charge in [0.1, 0.15) is 0 Å². The molecule has 0 aromatic rings. The van der Waals surface area contributed by atoms with Crippen molar-refractivity contribution in [2.75, 3.05) is 6.54 Å². The molecular formula is C14H27N3O2. The Labute approximate surface area is 115 Å². The van der Waals surface area contributed by atoms with E-state index in [2.05, 4.69) is 5.16 Å². The second-order valence-electron chi connectivity index (χ2n) is 5.77. The van der Waals surface area contributed by atoms with Crippen molar-refractivity contribution in [3.8, 4) is 0 Å². The topological polar surface area (TPSA) is 78.9 Å². The zero-order valence-electron chi connectivity index (χ0n) is 12.1. The molecule has 5 heteroatoms. The van der Waals surface area contributed by atoms with Gasteiger partial charge in [-0.05, 0) is 32.6 Å². The normalized spacial score (nSPS) is 18.4. The van der Waals surface area contributed by atoms with E-state index in [-0.39, 0.29) is 24.3 Å². The monoisotopic (exact) mass is 269 g/mol. The number of hydrogen-bond acceptors (Lipinski definition) is 3. The van der Waals surface area contributed by atoms with Gasteiger partial charge in [0, 0.05) is 12.5 Å². The van der Waals surface area contributed by atoms with Crippen LogP contribution in [0, 0.1) is 5.92 Å². The summed E-state index contributed by atoms with van der Waals surface area (Å²) in [5, 5.41) is 11.6. The van der Waals surface area contributed by atoms with Crippen molar-refractivity contribution in [2.24, 2.45) is 16.8 Å². The third-order valence-corrected chi connectivity index (χ3v) is 3.84. The largest absolute Gasteiger partial charge is 0.409 e. The highest BCUT2D eigenvalue weighted by Crippen LogP contribution is 2.26. The Morgan fingerprint density at radius 2 is 1.89 bits per heavy atom. The van der Waals surface area contributed by atoms with Crippen molar-refractivity contribution >= 4 is 11.7 Å². The van der Waals surface area contributed by atoms with Crippen LogP contribution in [0.4, 0.5) is 0 Å². The number of oxime groups is 1. The van der Waals surface area contributed by atoms with Gasteiger partial charge in [0.25, 0.3) is 0 Å². The number of amides is 1. The number of nitrogens with two attached hydrogens (primary N) is 1. The molecule has 0 saturated heterocycles. The summed E-state index contributed by atoms with van der Waals surface area (Å²) in [6.45, 7) is 4.12. The summed E-state index contributed by atoms with van der Waals surface area (Å²) in [5.41, 5.74) is 5.51. The Balaban J connectivity index is 2.55. The fourth-order valence-corrected chi connectivity index (χ4v) is 2.70. The fraction of sp³-hybridized carbons (Fsp3) is 0.857. The lowest BCUT2D eigenvalue weighted by atomic mass is 9.95. The van der Waals surface area contributed by atoms with Gasteiger partial charge >= 0.3 is 0 Å². The Bertz CT molecular complexity index is 308. The highest BCUT2D eigenvalue weighted by Gasteiger charge is 2.22. The third kappa shape index (κ3) is 5.49. The molecule has 0 radical (unpaired) electrons. The van der Waals surface area contributed by atoms with Gasteiger partial charge in [-0.2, -0.15) is 0 Å². The van der Waals surface area contributed by atoms with Gasteiger partial charge < -0.3 is 15.8 Å². The van der Waals surface area contributed by atoms with E-state index >= 15 is 0 Å². The summed E-state index contributed by atoms with van der Waals surface area (Å²) in [6, 6.07) is 0.0681. The molecule has 0 aromatic heterocycles. The molecule has 3 N–H and O–H groups in total. The minimum absolute atomic E-state index is 0.0681. The molecule has 1 fully saturated rings. The highest BCUT2D eigenvalue weighted by atomic mass is 16.4. The Morgan fingerprint density at radius 1 is 1.32 bits per heavy atom. The van der Waals surface area contributed by atoms with Gasteiger partial charge in [-0.15, -0.1) is 0 Å². The van der Waals surface area contributed by atoms with E-state index < -0.39 is 0 Å². The SMILES string of the molecule is CC(C)N(CC(N)=NO)C(=O)CC1CCCCCC1. The van der Waals surface area contributed by atoms with Crippen molar-refractivity contribution in [1.82, 2.24) is 4.90 Å². The lowest BCUT2D eigenvalue weighted by Crippen LogP contribution is -2.43. The molecule has 0 aliphatic heterocycles. The van der Waals surface area contributed by atoms with Crippen molar-refractivity contribution < 1.29 is 10.0 Å². The molecule has 19 heavy (non-hydrogen) atoms. The van der Waals surface area contributed by atoms with Gasteiger partial charge in [0.05, 0.1) is 6.54 Å². The Hall–Kier alpha value is -1.26. The van der Waals surface area contributed by atoms with Crippen molar-refractivity contribution in [3.05, 3.63) is 0 Å². The van der Waals surface area contributed by atoms with Crippen LogP contribution in [0.25, 0.3) is 0 Å². The molecule has 1 aliphatic carbocycles. The van der Waals surface area contributed by atoms with Crippen LogP contribution in [0.1, 0.15) is 58.8 Å². The van der Waals surface area contributed by atoms with Gasteiger partial charge in [0.2, 0.25) is 5.91 Å². The smallest absolute Gasteiger partial charge is 0.223 e. The molecule has 0 unspecified atom stereocenters. The van der Waals surface area contributed by atoms with E-state index in [0.717, 1.165) is 12.8 Å². The predicted molar refractivity (Wildman–Crippen MR) is 76.1 cm³/mol. The number of carbonyl (C=O) groups is 1. The average Bonchev–Trinajstić information content (AvgIpc) is 2.63. The second kappa shape index (κ2) is 8.02. The summed E-state index contributed by atoms with van der Waals surface area (Å²) in [7, 11) is 0. The molecule has 1 aliphatic rings. The van der Waals surface area contributed by atoms with Crippen LogP contribution in [0.5, 0.6) is 0 Å². The van der Waals surface area contributed by atoms with Crippen LogP contribution in [0.15, 0.2) is 5.16 Å². The van der Waals surface area contributed by atoms with E-state index in [1.807, 2.05) is 13.8 Å². The van der Waals surface area contributed by atoms with Crippen molar-refractivity contribution in [3.63, 3.8) is 0 Å². The molecule has 0 heterocycles. The van der Waals surface area contributed by atoms with Crippen molar-refractivity contribution in [2.45, 2.75) is 64.8 Å². The highest BCUT2D eigenvalue weighted by molar-refractivity contribution is 5.87. The Kier molecular flexibility index (Phi) is 6.67. The summed E-state index contributed by atoms with van der Waals surface area (Å²) in [4.78, 5) is 14.0. The van der Waals surface area contributed by atoms with E-state index in [0.29, 0.717) is 12.3 Å². The first-order valence-electron chi connectivity index (χ1n) is 7.30. The van der Waals surface area contributed by atoms with E-state index in [4.69, 9.17) is 10.9 Å². The third-order valence-electron chi connectivity index (χ3n) is 3.84. The summed E-state index contributed by atoms with van der Waals surface area (Å²) < 4.78 is 0. The molecule has 0 aromatic carbocycles. The summed E-state index contributed by atoms with van der Waals surface area (Å²) in [5.74, 6) is 0.708. The van der Waals surface area contributed by atoms with Gasteiger partial charge in [0.15, 0.2) is 5.84 Å². The maximum absolute atomic E-state index is 12.4. The maximum atomic E-state index is 12.4. The maximum Gasteiger partial charge on any atom is 0.223 e. The predicted octanol–water partition coefficient (Wildman–Crippen LogP) is 2.33. The quantitative estimate of drug-likeness (QED) is 0.264. The summed E-state index contributed by atoms with van der Waals surface area (Å²) >= 11 is 0. The van der Waals surface area contributed by atoms with Crippen LogP contribution >= 0.6 is 0 Å². The van der Waals surface area contributed by atoms with Crippen LogP contribution in [0.2, 0.25) is 0 Å². The molecule has 0 bridgehead atoms. The van der Waals surface area contributed by atoms with Crippen LogP contribution < -0.4 is 5.73 Å². The standard InChI is InChI=1S/C14H27N3O2/c1-11(2)17(10-13(15)16-19)14(18)9-12-7-5-3-4-6-8-12/h11-12,19H,3-10H2,1-2H3,(H2,15,16). The lowest BCUT2D eigenvalue weighted by Gasteiger charge is -2.28. The van der Waals surface area contributed by atoms with Crippen molar-refractivity contribution in [1.29, 1.82) is 0 Å². The number of nitrogens with zero attached hydrogens (tertiary/aromatic N) is 2. The minimum atomic E-state index is 0.0681. The number of hydrogen-bond donors (Lipinski definition) is 2. The molecule has 1 rings (SSSR count). The zero-order chi connectivity index (χ0) is 14.3. The Morgan fingerprint density at radius 3 is 2.37 bits per heavy atom. The molecule has 110 valence electrons. The lowest BCUT2D eigenvalue weighted by molar-refractivity contribution is -0.133. The van der Waals surface area contributed by atoms with Gasteiger partial charge in [-0.25, -0.2) is 0 Å². The number of carbonyl (C=O) groups excluding carboxylic acids is 1. The van der Waals surface area contributed by atoms with Gasteiger partial charge in [-0.3, -0.25) is 4.79 Å². The molecule has 0 atom stereocenters. The van der Waals surface area contributed by atoms with E-state index in [1.165, 1.54) is 25.7 Å². The number of rotatable bonds is 5. The first-order chi connectivity index (χ1) is 9.04. The number of amidine groups is 1. The molecule has 1 saturated carbocycles. The van der Waals surface area contributed by atoms with Crippen LogP contribution in [-0.4, -0.2) is 34.4 Å². The van der Waals surface area contributed by atoms with Crippen LogP contribution in [-0.2, 0) is 4.79 Å². The molecule has 0 spiro atoms. The first-order valence-corrected chi connectivity index (χ1v) is 7.30. The zero-order valence-corrected chi connectivity index (χ0v) is 12.1. The van der Waals surface area contributed by atoms with Gasteiger partial charge in [-0.1, -0.05) is 30.8 Å².